The molecule has 0 N–H and O–H groups in total. The number of rotatable bonds is 4. The Morgan fingerprint density at radius 2 is 0.594 bits per heavy atom. The second-order valence-electron chi connectivity index (χ2n) is 7.03. The van der Waals surface area contributed by atoms with Gasteiger partial charge in [0.05, 0.1) is 0 Å². The first-order valence-electron chi connectivity index (χ1n) is 10.1. The molecule has 0 aliphatic rings. The maximum absolute atomic E-state index is 14.0. The van der Waals surface area contributed by atoms with E-state index in [1.165, 1.54) is 0 Å². The molecule has 32 heavy (non-hydrogen) atoms. The zero-order chi connectivity index (χ0) is 22.3. The first-order valence-corrected chi connectivity index (χ1v) is 13.5. The molecular formula is C28H20O2P2. The zero-order valence-corrected chi connectivity index (χ0v) is 19.0. The van der Waals surface area contributed by atoms with Crippen molar-refractivity contribution in [3.8, 4) is 23.2 Å². The van der Waals surface area contributed by atoms with Gasteiger partial charge in [-0.15, -0.1) is 0 Å². The summed E-state index contributed by atoms with van der Waals surface area (Å²) in [6.07, 6.45) is 0. The predicted octanol–water partition coefficient (Wildman–Crippen LogP) is 4.94. The van der Waals surface area contributed by atoms with Crippen LogP contribution in [-0.2, 0) is 9.13 Å². The molecule has 0 atom stereocenters. The summed E-state index contributed by atoms with van der Waals surface area (Å²) in [7, 11) is -6.41. The van der Waals surface area contributed by atoms with Gasteiger partial charge in [-0.1, -0.05) is 121 Å². The van der Waals surface area contributed by atoms with E-state index >= 15 is 0 Å². The minimum Gasteiger partial charge on any atom is -0.300 e. The van der Waals surface area contributed by atoms with Gasteiger partial charge >= 0.3 is 0 Å². The Labute approximate surface area is 189 Å². The van der Waals surface area contributed by atoms with E-state index in [2.05, 4.69) is 23.2 Å². The van der Waals surface area contributed by atoms with Crippen molar-refractivity contribution in [3.63, 3.8) is 0 Å². The van der Waals surface area contributed by atoms with E-state index in [1.54, 1.807) is 0 Å². The molecule has 0 saturated heterocycles. The van der Waals surface area contributed by atoms with Crippen molar-refractivity contribution in [2.45, 2.75) is 0 Å². The van der Waals surface area contributed by atoms with Crippen LogP contribution in [0.25, 0.3) is 0 Å². The van der Waals surface area contributed by atoms with Crippen LogP contribution in [0.1, 0.15) is 0 Å². The number of hydrogen-bond acceptors (Lipinski definition) is 2. The average molecular weight is 450 g/mol. The molecule has 0 radical (unpaired) electrons. The highest BCUT2D eigenvalue weighted by Crippen LogP contribution is 2.43. The van der Waals surface area contributed by atoms with E-state index in [-0.39, 0.29) is 0 Å². The Balaban J connectivity index is 1.80. The maximum atomic E-state index is 14.0. The van der Waals surface area contributed by atoms with E-state index in [0.717, 1.165) is 0 Å². The molecule has 4 rings (SSSR count). The van der Waals surface area contributed by atoms with Gasteiger partial charge in [-0.2, -0.15) is 0 Å². The predicted molar refractivity (Wildman–Crippen MR) is 135 cm³/mol. The molecule has 0 spiro atoms. The highest BCUT2D eigenvalue weighted by molar-refractivity contribution is 7.83. The molecule has 0 amide bonds. The highest BCUT2D eigenvalue weighted by Gasteiger charge is 2.25. The molecule has 0 saturated carbocycles. The fraction of sp³-hybridized carbons (Fsp3) is 0. The van der Waals surface area contributed by atoms with Crippen molar-refractivity contribution in [2.24, 2.45) is 0 Å². The van der Waals surface area contributed by atoms with Crippen LogP contribution in [0.2, 0.25) is 0 Å². The lowest BCUT2D eigenvalue weighted by Crippen LogP contribution is -2.14. The highest BCUT2D eigenvalue weighted by atomic mass is 31.2. The molecule has 4 aromatic rings. The second-order valence-corrected chi connectivity index (χ2v) is 12.0. The van der Waals surface area contributed by atoms with Crippen LogP contribution in [0.4, 0.5) is 0 Å². The van der Waals surface area contributed by atoms with E-state index in [9.17, 15) is 9.13 Å². The molecule has 0 bridgehead atoms. The lowest BCUT2D eigenvalue weighted by atomic mass is 10.4. The zero-order valence-electron chi connectivity index (χ0n) is 17.3. The van der Waals surface area contributed by atoms with Crippen molar-refractivity contribution in [3.05, 3.63) is 121 Å². The Kier molecular flexibility index (Phi) is 6.59. The molecular weight excluding hydrogens is 430 g/mol. The van der Waals surface area contributed by atoms with Crippen molar-refractivity contribution in [1.82, 2.24) is 0 Å². The Morgan fingerprint density at radius 1 is 0.375 bits per heavy atom. The monoisotopic (exact) mass is 450 g/mol. The Morgan fingerprint density at radius 3 is 0.812 bits per heavy atom. The normalized spacial score (nSPS) is 10.9. The molecule has 0 fully saturated rings. The lowest BCUT2D eigenvalue weighted by Gasteiger charge is -2.12. The summed E-state index contributed by atoms with van der Waals surface area (Å²) < 4.78 is 27.9. The van der Waals surface area contributed by atoms with Crippen LogP contribution in [0.3, 0.4) is 0 Å². The number of hydrogen-bond donors (Lipinski definition) is 0. The van der Waals surface area contributed by atoms with E-state index in [1.807, 2.05) is 121 Å². The maximum Gasteiger partial charge on any atom is 0.211 e. The minimum atomic E-state index is -3.20. The van der Waals surface area contributed by atoms with Gasteiger partial charge < -0.3 is 0 Å². The van der Waals surface area contributed by atoms with Gasteiger partial charge in [0.1, 0.15) is 0 Å². The third kappa shape index (κ3) is 4.54. The molecule has 4 heteroatoms. The summed E-state index contributed by atoms with van der Waals surface area (Å²) in [5.41, 5.74) is 5.83. The van der Waals surface area contributed by atoms with E-state index in [4.69, 9.17) is 0 Å². The van der Waals surface area contributed by atoms with E-state index < -0.39 is 14.3 Å². The molecule has 2 nitrogen and oxygen atoms in total. The average Bonchev–Trinajstić information content (AvgIpc) is 2.88. The summed E-state index contributed by atoms with van der Waals surface area (Å²) in [6, 6.07) is 36.8. The first-order chi connectivity index (χ1) is 15.6. The van der Waals surface area contributed by atoms with Crippen molar-refractivity contribution < 1.29 is 9.13 Å². The molecule has 4 aromatic carbocycles. The summed E-state index contributed by atoms with van der Waals surface area (Å²) >= 11 is 0. The minimum absolute atomic E-state index is 0.648. The summed E-state index contributed by atoms with van der Waals surface area (Å²) in [5.74, 6) is 5.54. The van der Waals surface area contributed by atoms with Crippen LogP contribution < -0.4 is 21.2 Å². The van der Waals surface area contributed by atoms with Crippen LogP contribution in [0, 0.1) is 23.2 Å². The van der Waals surface area contributed by atoms with Crippen molar-refractivity contribution >= 4 is 35.5 Å². The van der Waals surface area contributed by atoms with Gasteiger partial charge in [-0.3, -0.25) is 9.13 Å². The van der Waals surface area contributed by atoms with Gasteiger partial charge in [0.15, 0.2) is 0 Å². The van der Waals surface area contributed by atoms with Gasteiger partial charge in [0.2, 0.25) is 14.3 Å². The molecule has 0 unspecified atom stereocenters. The quantitative estimate of drug-likeness (QED) is 0.326. The van der Waals surface area contributed by atoms with Gasteiger partial charge in [-0.25, -0.2) is 0 Å². The molecule has 154 valence electrons. The van der Waals surface area contributed by atoms with Crippen LogP contribution >= 0.6 is 14.3 Å². The fourth-order valence-electron chi connectivity index (χ4n) is 3.32. The van der Waals surface area contributed by atoms with Gasteiger partial charge in [0, 0.05) is 21.2 Å². The molecule has 0 aliphatic carbocycles. The molecule has 0 aromatic heterocycles. The lowest BCUT2D eigenvalue weighted by molar-refractivity contribution is 0.592. The topological polar surface area (TPSA) is 34.1 Å². The molecule has 0 aliphatic heterocycles. The molecule has 0 heterocycles. The van der Waals surface area contributed by atoms with Crippen molar-refractivity contribution in [1.29, 1.82) is 0 Å². The second kappa shape index (κ2) is 9.73. The van der Waals surface area contributed by atoms with Crippen LogP contribution in [0.5, 0.6) is 0 Å². The SMILES string of the molecule is O=P(C#CC#CP(=O)(c1ccccc1)c1ccccc1)(c1ccccc1)c1ccccc1. The van der Waals surface area contributed by atoms with Crippen molar-refractivity contribution in [2.75, 3.05) is 0 Å². The largest absolute Gasteiger partial charge is 0.300 e. The third-order valence-electron chi connectivity index (χ3n) is 4.97. The summed E-state index contributed by atoms with van der Waals surface area (Å²) in [4.78, 5) is 0. The van der Waals surface area contributed by atoms with Crippen LogP contribution in [-0.4, -0.2) is 0 Å². The van der Waals surface area contributed by atoms with E-state index in [0.29, 0.717) is 21.2 Å². The summed E-state index contributed by atoms with van der Waals surface area (Å²) in [5, 5.41) is 2.59. The fourth-order valence-corrected chi connectivity index (χ4v) is 7.23. The third-order valence-corrected chi connectivity index (χ3v) is 9.92. The Bertz CT molecular complexity index is 1210. The first kappa shape index (κ1) is 21.7. The number of benzene rings is 4. The Hall–Kier alpha value is -3.54. The smallest absolute Gasteiger partial charge is 0.211 e. The standard InChI is InChI=1S/C28H20O2P2/c29-31(25-15-5-1-6-16-25,26-17-7-2-8-18-26)23-13-14-24-32(30,27-19-9-3-10-20-27)28-21-11-4-12-22-28/h1-12,15-22H. The van der Waals surface area contributed by atoms with Crippen LogP contribution in [0.15, 0.2) is 121 Å². The van der Waals surface area contributed by atoms with Gasteiger partial charge in [-0.05, 0) is 23.2 Å². The summed E-state index contributed by atoms with van der Waals surface area (Å²) in [6.45, 7) is 0. The van der Waals surface area contributed by atoms with Gasteiger partial charge in [0.25, 0.3) is 0 Å².